The summed E-state index contributed by atoms with van der Waals surface area (Å²) in [6.45, 7) is 1.94. The van der Waals surface area contributed by atoms with Crippen LogP contribution in [0.1, 0.15) is 31.0 Å². The van der Waals surface area contributed by atoms with Crippen LogP contribution in [0.5, 0.6) is 0 Å². The summed E-state index contributed by atoms with van der Waals surface area (Å²) in [7, 11) is 0. The molecule has 24 heavy (non-hydrogen) atoms. The number of amides is 2. The van der Waals surface area contributed by atoms with Gasteiger partial charge in [-0.25, -0.2) is 4.98 Å². The van der Waals surface area contributed by atoms with E-state index in [4.69, 9.17) is 0 Å². The summed E-state index contributed by atoms with van der Waals surface area (Å²) in [4.78, 5) is 37.5. The van der Waals surface area contributed by atoms with E-state index in [1.54, 1.807) is 24.9 Å². The highest BCUT2D eigenvalue weighted by molar-refractivity contribution is 5.87. The number of carbonyl (C=O) groups is 2. The van der Waals surface area contributed by atoms with Crippen molar-refractivity contribution in [1.29, 1.82) is 0 Å². The number of imidazole rings is 1. The van der Waals surface area contributed by atoms with Gasteiger partial charge in [0.05, 0.1) is 6.33 Å². The zero-order valence-corrected chi connectivity index (χ0v) is 13.6. The van der Waals surface area contributed by atoms with Gasteiger partial charge in [0.25, 0.3) is 0 Å². The second kappa shape index (κ2) is 7.25. The Morgan fingerprint density at radius 3 is 2.79 bits per heavy atom. The molecule has 3 rings (SSSR count). The maximum atomic E-state index is 13.0. The van der Waals surface area contributed by atoms with Crippen LogP contribution in [0.2, 0.25) is 0 Å². The molecule has 1 aliphatic rings. The van der Waals surface area contributed by atoms with Crippen LogP contribution in [0, 0.1) is 0 Å². The van der Waals surface area contributed by atoms with Crippen molar-refractivity contribution in [3.8, 4) is 0 Å². The van der Waals surface area contributed by atoms with Gasteiger partial charge in [0.2, 0.25) is 11.8 Å². The molecule has 2 heterocycles. The molecule has 126 valence electrons. The maximum Gasteiger partial charge on any atom is 0.246 e. The van der Waals surface area contributed by atoms with Gasteiger partial charge in [0.1, 0.15) is 6.04 Å². The first kappa shape index (κ1) is 16.2. The Morgan fingerprint density at radius 2 is 2.21 bits per heavy atom. The van der Waals surface area contributed by atoms with Gasteiger partial charge < -0.3 is 15.2 Å². The van der Waals surface area contributed by atoms with Crippen molar-refractivity contribution in [3.05, 3.63) is 48.3 Å². The summed E-state index contributed by atoms with van der Waals surface area (Å²) in [6, 6.07) is 3.47. The number of rotatable bonds is 7. The Hall–Kier alpha value is -2.70. The number of hydrogen-bond donors (Lipinski definition) is 2. The number of aromatic amines is 1. The first-order chi connectivity index (χ1) is 11.6. The Morgan fingerprint density at radius 1 is 1.38 bits per heavy atom. The molecular formula is C17H21N5O2. The average Bonchev–Trinajstić information content (AvgIpc) is 3.29. The van der Waals surface area contributed by atoms with Crippen LogP contribution < -0.4 is 5.32 Å². The van der Waals surface area contributed by atoms with Gasteiger partial charge in [0.15, 0.2) is 0 Å². The molecule has 0 bridgehead atoms. The number of H-pyrrole nitrogens is 1. The molecule has 2 aromatic heterocycles. The van der Waals surface area contributed by atoms with E-state index in [0.29, 0.717) is 13.0 Å². The summed E-state index contributed by atoms with van der Waals surface area (Å²) in [5, 5.41) is 2.77. The third-order valence-electron chi connectivity index (χ3n) is 4.00. The zero-order chi connectivity index (χ0) is 16.9. The first-order valence-electron chi connectivity index (χ1n) is 8.07. The molecule has 1 fully saturated rings. The van der Waals surface area contributed by atoms with Gasteiger partial charge in [-0.1, -0.05) is 6.07 Å². The van der Waals surface area contributed by atoms with Gasteiger partial charge >= 0.3 is 0 Å². The molecular weight excluding hydrogens is 306 g/mol. The fraction of sp³-hybridized carbons (Fsp3) is 0.412. The number of hydrogen-bond acceptors (Lipinski definition) is 4. The first-order valence-corrected chi connectivity index (χ1v) is 8.07. The predicted molar refractivity (Wildman–Crippen MR) is 87.7 cm³/mol. The zero-order valence-electron chi connectivity index (χ0n) is 13.6. The molecule has 0 spiro atoms. The van der Waals surface area contributed by atoms with Gasteiger partial charge in [-0.2, -0.15) is 0 Å². The number of carbonyl (C=O) groups excluding carboxylic acids is 2. The van der Waals surface area contributed by atoms with Crippen LogP contribution in [-0.2, 0) is 22.6 Å². The van der Waals surface area contributed by atoms with Gasteiger partial charge in [0, 0.05) is 50.2 Å². The topological polar surface area (TPSA) is 91.0 Å². The summed E-state index contributed by atoms with van der Waals surface area (Å²) in [5.41, 5.74) is 1.81. The van der Waals surface area contributed by atoms with E-state index in [9.17, 15) is 9.59 Å². The van der Waals surface area contributed by atoms with E-state index in [1.165, 1.54) is 6.92 Å². The molecule has 2 N–H and O–H groups in total. The van der Waals surface area contributed by atoms with Crippen LogP contribution in [0.15, 0.2) is 37.1 Å². The lowest BCUT2D eigenvalue weighted by Gasteiger charge is -2.27. The van der Waals surface area contributed by atoms with Crippen LogP contribution in [0.4, 0.5) is 0 Å². The molecule has 0 aliphatic heterocycles. The predicted octanol–water partition coefficient (Wildman–Crippen LogP) is 1.04. The monoisotopic (exact) mass is 327 g/mol. The second-order valence-corrected chi connectivity index (χ2v) is 6.09. The van der Waals surface area contributed by atoms with E-state index in [0.717, 1.165) is 24.1 Å². The van der Waals surface area contributed by atoms with Crippen LogP contribution in [-0.4, -0.2) is 43.7 Å². The number of aromatic nitrogens is 3. The van der Waals surface area contributed by atoms with Crippen molar-refractivity contribution >= 4 is 11.8 Å². The summed E-state index contributed by atoms with van der Waals surface area (Å²) in [5.74, 6) is -0.281. The lowest BCUT2D eigenvalue weighted by Crippen LogP contribution is -2.49. The van der Waals surface area contributed by atoms with Gasteiger partial charge in [-0.15, -0.1) is 0 Å². The van der Waals surface area contributed by atoms with Crippen LogP contribution >= 0.6 is 0 Å². The Kier molecular flexibility index (Phi) is 4.88. The quantitative estimate of drug-likeness (QED) is 0.795. The SMILES string of the molecule is CC(=O)NC(Cc1cnc[nH]1)C(=O)N(Cc1cccnc1)C1CC1. The molecule has 7 heteroatoms. The molecule has 7 nitrogen and oxygen atoms in total. The van der Waals surface area contributed by atoms with Gasteiger partial charge in [-0.05, 0) is 24.5 Å². The highest BCUT2D eigenvalue weighted by atomic mass is 16.2. The molecule has 1 atom stereocenters. The fourth-order valence-electron chi connectivity index (χ4n) is 2.72. The fourth-order valence-corrected chi connectivity index (χ4v) is 2.72. The summed E-state index contributed by atoms with van der Waals surface area (Å²) < 4.78 is 0. The third kappa shape index (κ3) is 4.18. The molecule has 2 amide bonds. The van der Waals surface area contributed by atoms with Crippen molar-refractivity contribution in [2.24, 2.45) is 0 Å². The van der Waals surface area contributed by atoms with Crippen molar-refractivity contribution in [3.63, 3.8) is 0 Å². The van der Waals surface area contributed by atoms with Crippen molar-refractivity contribution in [1.82, 2.24) is 25.2 Å². The van der Waals surface area contributed by atoms with Crippen molar-refractivity contribution in [2.75, 3.05) is 0 Å². The lowest BCUT2D eigenvalue weighted by atomic mass is 10.1. The van der Waals surface area contributed by atoms with Crippen molar-refractivity contribution in [2.45, 2.75) is 44.8 Å². The van der Waals surface area contributed by atoms with Crippen molar-refractivity contribution < 1.29 is 9.59 Å². The minimum absolute atomic E-state index is 0.0637. The van der Waals surface area contributed by atoms with E-state index in [2.05, 4.69) is 20.3 Å². The van der Waals surface area contributed by atoms with E-state index in [1.807, 2.05) is 17.0 Å². The average molecular weight is 327 g/mol. The highest BCUT2D eigenvalue weighted by Crippen LogP contribution is 2.29. The van der Waals surface area contributed by atoms with Crippen LogP contribution in [0.3, 0.4) is 0 Å². The lowest BCUT2D eigenvalue weighted by molar-refractivity contribution is -0.137. The van der Waals surface area contributed by atoms with Crippen LogP contribution in [0.25, 0.3) is 0 Å². The second-order valence-electron chi connectivity index (χ2n) is 6.09. The molecule has 1 unspecified atom stereocenters. The number of pyridine rings is 1. The molecule has 0 saturated heterocycles. The molecule has 0 radical (unpaired) electrons. The normalized spacial score (nSPS) is 14.9. The minimum Gasteiger partial charge on any atom is -0.348 e. The molecule has 0 aromatic carbocycles. The summed E-state index contributed by atoms with van der Waals surface area (Å²) >= 11 is 0. The Balaban J connectivity index is 1.76. The maximum absolute atomic E-state index is 13.0. The van der Waals surface area contributed by atoms with E-state index < -0.39 is 6.04 Å². The highest BCUT2D eigenvalue weighted by Gasteiger charge is 2.36. The largest absolute Gasteiger partial charge is 0.348 e. The molecule has 1 saturated carbocycles. The van der Waals surface area contributed by atoms with E-state index in [-0.39, 0.29) is 17.9 Å². The molecule has 2 aromatic rings. The Labute approximate surface area is 140 Å². The third-order valence-corrected chi connectivity index (χ3v) is 4.00. The standard InChI is InChI=1S/C17H21N5O2/c1-12(23)21-16(7-14-9-19-11-20-14)17(24)22(15-4-5-15)10-13-3-2-6-18-8-13/h2-3,6,8-9,11,15-16H,4-5,7,10H2,1H3,(H,19,20)(H,21,23). The molecule has 1 aliphatic carbocycles. The van der Waals surface area contributed by atoms with Gasteiger partial charge in [-0.3, -0.25) is 14.6 Å². The number of nitrogens with one attached hydrogen (secondary N) is 2. The van der Waals surface area contributed by atoms with E-state index >= 15 is 0 Å². The smallest absolute Gasteiger partial charge is 0.246 e. The minimum atomic E-state index is -0.597. The summed E-state index contributed by atoms with van der Waals surface area (Å²) in [6.07, 6.45) is 9.13. The Bertz CT molecular complexity index is 682. The number of nitrogens with zero attached hydrogens (tertiary/aromatic N) is 3.